The van der Waals surface area contributed by atoms with E-state index >= 15 is 0 Å². The van der Waals surface area contributed by atoms with Gasteiger partial charge in [0.2, 0.25) is 0 Å². The molecule has 0 aliphatic carbocycles. The summed E-state index contributed by atoms with van der Waals surface area (Å²) in [5.41, 5.74) is 1.74. The number of aromatic nitrogens is 1. The lowest BCUT2D eigenvalue weighted by molar-refractivity contribution is 0.0746. The maximum Gasteiger partial charge on any atom is 0.255 e. The normalized spacial score (nSPS) is 14.0. The van der Waals surface area contributed by atoms with E-state index in [9.17, 15) is 4.79 Å². The second-order valence-electron chi connectivity index (χ2n) is 7.34. The van der Waals surface area contributed by atoms with Crippen molar-refractivity contribution >= 4 is 17.4 Å². The van der Waals surface area contributed by atoms with Crippen LogP contribution in [0.4, 0.5) is 11.5 Å². The van der Waals surface area contributed by atoms with Gasteiger partial charge in [-0.15, -0.1) is 0 Å². The number of ether oxygens (including phenoxy) is 1. The molecule has 1 aromatic carbocycles. The predicted molar refractivity (Wildman–Crippen MR) is 118 cm³/mol. The Kier molecular flexibility index (Phi) is 7.33. The van der Waals surface area contributed by atoms with Crippen LogP contribution in [0.1, 0.15) is 37.0 Å². The van der Waals surface area contributed by atoms with Gasteiger partial charge in [-0.25, -0.2) is 4.98 Å². The average molecular weight is 397 g/mol. The first kappa shape index (κ1) is 21.0. The minimum Gasteiger partial charge on any atom is -0.495 e. The molecule has 0 atom stereocenters. The van der Waals surface area contributed by atoms with Gasteiger partial charge in [0.25, 0.3) is 5.91 Å². The largest absolute Gasteiger partial charge is 0.495 e. The van der Waals surface area contributed by atoms with Crippen molar-refractivity contribution in [1.29, 1.82) is 0 Å². The molecule has 1 aliphatic heterocycles. The SMILES string of the molecule is CCCN(CCC)c1ccc(C(=O)N2CCN(c3ccccc3OC)CC2)cn1. The van der Waals surface area contributed by atoms with Crippen LogP contribution in [0, 0.1) is 0 Å². The Bertz CT molecular complexity index is 780. The Morgan fingerprint density at radius 2 is 1.72 bits per heavy atom. The van der Waals surface area contributed by atoms with Crippen molar-refractivity contribution in [3.8, 4) is 5.75 Å². The van der Waals surface area contributed by atoms with Gasteiger partial charge in [0.1, 0.15) is 11.6 Å². The van der Waals surface area contributed by atoms with Crippen molar-refractivity contribution in [3.63, 3.8) is 0 Å². The highest BCUT2D eigenvalue weighted by atomic mass is 16.5. The van der Waals surface area contributed by atoms with E-state index in [2.05, 4.69) is 34.7 Å². The van der Waals surface area contributed by atoms with Crippen LogP contribution in [0.3, 0.4) is 0 Å². The van der Waals surface area contributed by atoms with E-state index in [1.165, 1.54) is 0 Å². The smallest absolute Gasteiger partial charge is 0.255 e. The van der Waals surface area contributed by atoms with E-state index in [1.807, 2.05) is 35.2 Å². The number of carbonyl (C=O) groups is 1. The van der Waals surface area contributed by atoms with Crippen LogP contribution in [0.15, 0.2) is 42.6 Å². The average Bonchev–Trinajstić information content (AvgIpc) is 2.78. The number of amides is 1. The Morgan fingerprint density at radius 1 is 1.03 bits per heavy atom. The number of carbonyl (C=O) groups excluding carboxylic acids is 1. The van der Waals surface area contributed by atoms with Crippen molar-refractivity contribution in [3.05, 3.63) is 48.2 Å². The number of hydrogen-bond acceptors (Lipinski definition) is 5. The Balaban J connectivity index is 1.62. The van der Waals surface area contributed by atoms with Crippen molar-refractivity contribution in [2.24, 2.45) is 0 Å². The number of rotatable bonds is 8. The summed E-state index contributed by atoms with van der Waals surface area (Å²) >= 11 is 0. The summed E-state index contributed by atoms with van der Waals surface area (Å²) in [6, 6.07) is 11.9. The summed E-state index contributed by atoms with van der Waals surface area (Å²) in [4.78, 5) is 24.0. The lowest BCUT2D eigenvalue weighted by Gasteiger charge is -2.36. The number of anilines is 2. The first-order valence-electron chi connectivity index (χ1n) is 10.6. The van der Waals surface area contributed by atoms with Gasteiger partial charge in [0.05, 0.1) is 18.4 Å². The number of hydrogen-bond donors (Lipinski definition) is 0. The maximum absolute atomic E-state index is 12.9. The zero-order valence-corrected chi connectivity index (χ0v) is 17.8. The van der Waals surface area contributed by atoms with Gasteiger partial charge in [-0.3, -0.25) is 4.79 Å². The number of methoxy groups -OCH3 is 1. The third kappa shape index (κ3) is 5.00. The van der Waals surface area contributed by atoms with Crippen molar-refractivity contribution in [1.82, 2.24) is 9.88 Å². The Morgan fingerprint density at radius 3 is 2.31 bits per heavy atom. The molecule has 6 heteroatoms. The molecule has 0 bridgehead atoms. The molecule has 0 radical (unpaired) electrons. The summed E-state index contributed by atoms with van der Waals surface area (Å²) in [6.07, 6.45) is 3.89. The van der Waals surface area contributed by atoms with Crippen molar-refractivity contribution in [2.75, 3.05) is 56.2 Å². The molecule has 1 aliphatic rings. The lowest BCUT2D eigenvalue weighted by atomic mass is 10.2. The van der Waals surface area contributed by atoms with E-state index in [1.54, 1.807) is 13.3 Å². The van der Waals surface area contributed by atoms with Crippen LogP contribution in [-0.2, 0) is 0 Å². The molecular weight excluding hydrogens is 364 g/mol. The molecular formula is C23H32N4O2. The number of nitrogens with zero attached hydrogens (tertiary/aromatic N) is 4. The topological polar surface area (TPSA) is 48.9 Å². The number of pyridine rings is 1. The molecule has 3 rings (SSSR count). The minimum absolute atomic E-state index is 0.0567. The van der Waals surface area contributed by atoms with Crippen LogP contribution >= 0.6 is 0 Å². The van der Waals surface area contributed by atoms with Gasteiger partial charge in [-0.2, -0.15) is 0 Å². The predicted octanol–water partition coefficient (Wildman–Crippen LogP) is 3.68. The molecule has 1 saturated heterocycles. The molecule has 2 aromatic rings. The number of benzene rings is 1. The molecule has 0 unspecified atom stereocenters. The minimum atomic E-state index is 0.0567. The third-order valence-corrected chi connectivity index (χ3v) is 5.30. The Labute approximate surface area is 174 Å². The van der Waals surface area contributed by atoms with Gasteiger partial charge >= 0.3 is 0 Å². The summed E-state index contributed by atoms with van der Waals surface area (Å²) < 4.78 is 5.47. The Hall–Kier alpha value is -2.76. The molecule has 6 nitrogen and oxygen atoms in total. The van der Waals surface area contributed by atoms with Crippen LogP contribution in [0.25, 0.3) is 0 Å². The van der Waals surface area contributed by atoms with Gasteiger partial charge in [-0.05, 0) is 37.1 Å². The van der Waals surface area contributed by atoms with E-state index in [0.29, 0.717) is 18.7 Å². The second kappa shape index (κ2) is 10.1. The maximum atomic E-state index is 12.9. The molecule has 0 spiro atoms. The molecule has 1 amide bonds. The lowest BCUT2D eigenvalue weighted by Crippen LogP contribution is -2.48. The first-order valence-corrected chi connectivity index (χ1v) is 10.6. The highest BCUT2D eigenvalue weighted by molar-refractivity contribution is 5.94. The van der Waals surface area contributed by atoms with E-state index in [-0.39, 0.29) is 5.91 Å². The number of piperazine rings is 1. The zero-order valence-electron chi connectivity index (χ0n) is 17.8. The van der Waals surface area contributed by atoms with Crippen molar-refractivity contribution < 1.29 is 9.53 Å². The van der Waals surface area contributed by atoms with Gasteiger partial charge < -0.3 is 19.4 Å². The summed E-state index contributed by atoms with van der Waals surface area (Å²) in [5, 5.41) is 0. The molecule has 2 heterocycles. The number of para-hydroxylation sites is 2. The molecule has 29 heavy (non-hydrogen) atoms. The first-order chi connectivity index (χ1) is 14.2. The van der Waals surface area contributed by atoms with E-state index in [4.69, 9.17) is 4.74 Å². The molecule has 156 valence electrons. The van der Waals surface area contributed by atoms with Gasteiger partial charge in [-0.1, -0.05) is 26.0 Å². The van der Waals surface area contributed by atoms with Crippen LogP contribution in [-0.4, -0.2) is 62.2 Å². The molecule has 0 N–H and O–H groups in total. The quantitative estimate of drug-likeness (QED) is 0.681. The summed E-state index contributed by atoms with van der Waals surface area (Å²) in [5.74, 6) is 1.88. The molecule has 1 aromatic heterocycles. The monoisotopic (exact) mass is 396 g/mol. The fourth-order valence-corrected chi connectivity index (χ4v) is 3.80. The van der Waals surface area contributed by atoms with Crippen LogP contribution in [0.5, 0.6) is 5.75 Å². The van der Waals surface area contributed by atoms with Gasteiger partial charge in [0.15, 0.2) is 0 Å². The van der Waals surface area contributed by atoms with E-state index < -0.39 is 0 Å². The molecule has 0 saturated carbocycles. The fourth-order valence-electron chi connectivity index (χ4n) is 3.80. The van der Waals surface area contributed by atoms with Crippen LogP contribution < -0.4 is 14.5 Å². The second-order valence-corrected chi connectivity index (χ2v) is 7.34. The molecule has 1 fully saturated rings. The zero-order chi connectivity index (χ0) is 20.6. The highest BCUT2D eigenvalue weighted by Gasteiger charge is 2.24. The highest BCUT2D eigenvalue weighted by Crippen LogP contribution is 2.28. The van der Waals surface area contributed by atoms with Gasteiger partial charge in [0, 0.05) is 45.5 Å². The van der Waals surface area contributed by atoms with E-state index in [0.717, 1.165) is 56.3 Å². The van der Waals surface area contributed by atoms with Crippen molar-refractivity contribution in [2.45, 2.75) is 26.7 Å². The fraction of sp³-hybridized carbons (Fsp3) is 0.478. The standard InChI is InChI=1S/C23H32N4O2/c1-4-12-26(13-5-2)22-11-10-19(18-24-22)23(28)27-16-14-25(15-17-27)20-8-6-7-9-21(20)29-3/h6-11,18H,4-5,12-17H2,1-3H3. The summed E-state index contributed by atoms with van der Waals surface area (Å²) in [7, 11) is 1.69. The third-order valence-electron chi connectivity index (χ3n) is 5.30. The summed E-state index contributed by atoms with van der Waals surface area (Å²) in [6.45, 7) is 9.28. The van der Waals surface area contributed by atoms with Crippen LogP contribution in [0.2, 0.25) is 0 Å².